The fourth-order valence-electron chi connectivity index (χ4n) is 7.20. The molecule has 0 saturated heterocycles. The summed E-state index contributed by atoms with van der Waals surface area (Å²) < 4.78 is 0. The van der Waals surface area contributed by atoms with Crippen LogP contribution in [0.3, 0.4) is 0 Å². The van der Waals surface area contributed by atoms with Crippen LogP contribution in [0.15, 0.2) is 176 Å². The highest BCUT2D eigenvalue weighted by atomic mass is 15.1. The highest BCUT2D eigenvalue weighted by molar-refractivity contribution is 6.25. The standard InChI is InChI=1S/C44H29N/c1-3-16-33(17-4-1)45(34-18-5-2-6-19-34)44-40-22-11-9-20-38(40)43(39-21-10-12-23-41(39)44)37-25-13-24-35-36(37)27-26-32-28-30-14-7-8-15-31(30)29-42(32)35/h1-29H. The van der Waals surface area contributed by atoms with Gasteiger partial charge >= 0.3 is 0 Å². The van der Waals surface area contributed by atoms with Crippen LogP contribution < -0.4 is 4.90 Å². The molecular weight excluding hydrogens is 542 g/mol. The SMILES string of the molecule is c1ccc(N(c2ccccc2)c2c3ccccc3c(-c3cccc4c3ccc3cc5ccccc5cc34)c3ccccc23)cc1. The summed E-state index contributed by atoms with van der Waals surface area (Å²) in [5.74, 6) is 0. The summed E-state index contributed by atoms with van der Waals surface area (Å²) in [6.45, 7) is 0. The van der Waals surface area contributed by atoms with E-state index in [4.69, 9.17) is 0 Å². The molecule has 0 aliphatic carbocycles. The molecule has 0 amide bonds. The van der Waals surface area contributed by atoms with Crippen LogP contribution in [0, 0.1) is 0 Å². The molecule has 0 aliphatic heterocycles. The third-order valence-electron chi connectivity index (χ3n) is 9.17. The molecule has 0 radical (unpaired) electrons. The van der Waals surface area contributed by atoms with Gasteiger partial charge in [-0.1, -0.05) is 140 Å². The molecule has 0 bridgehead atoms. The maximum Gasteiger partial charge on any atom is 0.0618 e. The van der Waals surface area contributed by atoms with Gasteiger partial charge in [-0.05, 0) is 90.6 Å². The minimum absolute atomic E-state index is 1.13. The lowest BCUT2D eigenvalue weighted by Gasteiger charge is -2.29. The lowest BCUT2D eigenvalue weighted by atomic mass is 9.87. The van der Waals surface area contributed by atoms with Crippen LogP contribution in [0.4, 0.5) is 17.1 Å². The van der Waals surface area contributed by atoms with Gasteiger partial charge in [0.05, 0.1) is 5.69 Å². The topological polar surface area (TPSA) is 3.24 Å². The molecule has 0 atom stereocenters. The number of rotatable bonds is 4. The summed E-state index contributed by atoms with van der Waals surface area (Å²) in [6.07, 6.45) is 0. The zero-order chi connectivity index (χ0) is 29.7. The Kier molecular flexibility index (Phi) is 5.89. The molecule has 9 aromatic rings. The molecule has 0 saturated carbocycles. The third-order valence-corrected chi connectivity index (χ3v) is 9.17. The Balaban J connectivity index is 1.40. The van der Waals surface area contributed by atoms with E-state index in [0.29, 0.717) is 0 Å². The molecule has 45 heavy (non-hydrogen) atoms. The van der Waals surface area contributed by atoms with E-state index in [1.54, 1.807) is 0 Å². The monoisotopic (exact) mass is 571 g/mol. The Morgan fingerprint density at radius 3 is 1.42 bits per heavy atom. The summed E-state index contributed by atoms with van der Waals surface area (Å²) in [7, 11) is 0. The van der Waals surface area contributed by atoms with Crippen LogP contribution in [0.5, 0.6) is 0 Å². The Morgan fingerprint density at radius 2 is 0.800 bits per heavy atom. The number of hydrogen-bond donors (Lipinski definition) is 0. The van der Waals surface area contributed by atoms with Crippen molar-refractivity contribution in [3.8, 4) is 11.1 Å². The minimum atomic E-state index is 1.13. The first-order valence-electron chi connectivity index (χ1n) is 15.5. The van der Waals surface area contributed by atoms with Crippen molar-refractivity contribution in [1.29, 1.82) is 0 Å². The van der Waals surface area contributed by atoms with Gasteiger partial charge in [-0.2, -0.15) is 0 Å². The Bertz CT molecular complexity index is 2430. The average molecular weight is 572 g/mol. The fourth-order valence-corrected chi connectivity index (χ4v) is 7.20. The minimum Gasteiger partial charge on any atom is -0.309 e. The number of nitrogens with zero attached hydrogens (tertiary/aromatic N) is 1. The number of anilines is 3. The number of benzene rings is 9. The van der Waals surface area contributed by atoms with Crippen LogP contribution in [0.25, 0.3) is 65.0 Å². The van der Waals surface area contributed by atoms with Crippen LogP contribution in [0.1, 0.15) is 0 Å². The summed E-state index contributed by atoms with van der Waals surface area (Å²) in [5, 5.41) is 12.6. The lowest BCUT2D eigenvalue weighted by Crippen LogP contribution is -2.11. The van der Waals surface area contributed by atoms with Gasteiger partial charge in [0.2, 0.25) is 0 Å². The first-order chi connectivity index (χ1) is 22.3. The molecule has 0 spiro atoms. The molecular formula is C44H29N. The van der Waals surface area contributed by atoms with Gasteiger partial charge in [0.25, 0.3) is 0 Å². The average Bonchev–Trinajstić information content (AvgIpc) is 3.11. The van der Waals surface area contributed by atoms with Gasteiger partial charge in [0, 0.05) is 22.1 Å². The van der Waals surface area contributed by atoms with Gasteiger partial charge in [0.15, 0.2) is 0 Å². The predicted octanol–water partition coefficient (Wildman–Crippen LogP) is 12.6. The van der Waals surface area contributed by atoms with Crippen molar-refractivity contribution < 1.29 is 0 Å². The second kappa shape index (κ2) is 10.4. The highest BCUT2D eigenvalue weighted by Crippen LogP contribution is 2.49. The van der Waals surface area contributed by atoms with Crippen molar-refractivity contribution in [3.63, 3.8) is 0 Å². The first-order valence-corrected chi connectivity index (χ1v) is 15.5. The third kappa shape index (κ3) is 4.09. The zero-order valence-corrected chi connectivity index (χ0v) is 24.7. The maximum absolute atomic E-state index is 2.41. The van der Waals surface area contributed by atoms with Gasteiger partial charge in [-0.15, -0.1) is 0 Å². The van der Waals surface area contributed by atoms with E-state index in [2.05, 4.69) is 181 Å². The zero-order valence-electron chi connectivity index (χ0n) is 24.7. The molecule has 0 fully saturated rings. The summed E-state index contributed by atoms with van der Waals surface area (Å²) in [4.78, 5) is 2.41. The van der Waals surface area contributed by atoms with E-state index < -0.39 is 0 Å². The van der Waals surface area contributed by atoms with E-state index in [-0.39, 0.29) is 0 Å². The largest absolute Gasteiger partial charge is 0.309 e. The summed E-state index contributed by atoms with van der Waals surface area (Å²) >= 11 is 0. The van der Waals surface area contributed by atoms with Gasteiger partial charge in [0.1, 0.15) is 0 Å². The van der Waals surface area contributed by atoms with E-state index in [1.807, 2.05) is 0 Å². The molecule has 0 unspecified atom stereocenters. The van der Waals surface area contributed by atoms with E-state index in [9.17, 15) is 0 Å². The fraction of sp³-hybridized carbons (Fsp3) is 0. The molecule has 1 nitrogen and oxygen atoms in total. The van der Waals surface area contributed by atoms with Gasteiger partial charge in [-0.25, -0.2) is 0 Å². The van der Waals surface area contributed by atoms with E-state index in [1.165, 1.54) is 70.7 Å². The van der Waals surface area contributed by atoms with Crippen LogP contribution in [-0.2, 0) is 0 Å². The normalized spacial score (nSPS) is 11.6. The number of fused-ring (bicyclic) bond motifs is 6. The van der Waals surface area contributed by atoms with E-state index >= 15 is 0 Å². The van der Waals surface area contributed by atoms with Crippen molar-refractivity contribution >= 4 is 70.9 Å². The van der Waals surface area contributed by atoms with Crippen molar-refractivity contribution in [1.82, 2.24) is 0 Å². The molecule has 210 valence electrons. The summed E-state index contributed by atoms with van der Waals surface area (Å²) in [6, 6.07) is 64.0. The second-order valence-electron chi connectivity index (χ2n) is 11.7. The van der Waals surface area contributed by atoms with Crippen LogP contribution in [-0.4, -0.2) is 0 Å². The highest BCUT2D eigenvalue weighted by Gasteiger charge is 2.22. The molecule has 0 N–H and O–H groups in total. The Labute approximate surface area is 262 Å². The molecule has 1 heteroatoms. The van der Waals surface area contributed by atoms with Crippen molar-refractivity contribution in [2.45, 2.75) is 0 Å². The Morgan fingerprint density at radius 1 is 0.289 bits per heavy atom. The van der Waals surface area contributed by atoms with Crippen LogP contribution >= 0.6 is 0 Å². The van der Waals surface area contributed by atoms with Gasteiger partial charge < -0.3 is 4.90 Å². The van der Waals surface area contributed by atoms with Crippen molar-refractivity contribution in [3.05, 3.63) is 176 Å². The molecule has 0 heterocycles. The number of hydrogen-bond acceptors (Lipinski definition) is 1. The molecule has 9 aromatic carbocycles. The van der Waals surface area contributed by atoms with Gasteiger partial charge in [-0.3, -0.25) is 0 Å². The first kappa shape index (κ1) is 25.6. The summed E-state index contributed by atoms with van der Waals surface area (Å²) in [5.41, 5.74) is 6.00. The quantitative estimate of drug-likeness (QED) is 0.150. The lowest BCUT2D eigenvalue weighted by molar-refractivity contribution is 1.31. The Hall–Kier alpha value is -5.92. The van der Waals surface area contributed by atoms with Crippen molar-refractivity contribution in [2.24, 2.45) is 0 Å². The predicted molar refractivity (Wildman–Crippen MR) is 194 cm³/mol. The van der Waals surface area contributed by atoms with E-state index in [0.717, 1.165) is 11.4 Å². The van der Waals surface area contributed by atoms with Crippen LogP contribution in [0.2, 0.25) is 0 Å². The number of para-hydroxylation sites is 2. The maximum atomic E-state index is 2.41. The second-order valence-corrected chi connectivity index (χ2v) is 11.7. The molecule has 0 aliphatic rings. The molecule has 0 aromatic heterocycles. The molecule has 9 rings (SSSR count). The van der Waals surface area contributed by atoms with Crippen molar-refractivity contribution in [2.75, 3.05) is 4.90 Å². The smallest absolute Gasteiger partial charge is 0.0618 e.